The average Bonchev–Trinajstić information content (AvgIpc) is 3.16. The lowest BCUT2D eigenvalue weighted by molar-refractivity contribution is -0.116. The average molecular weight is 324 g/mol. The molecule has 24 heavy (non-hydrogen) atoms. The molecule has 2 aromatic heterocycles. The number of rotatable bonds is 6. The maximum Gasteiger partial charge on any atom is 0.224 e. The molecule has 0 bridgehead atoms. The van der Waals surface area contributed by atoms with Gasteiger partial charge in [0.2, 0.25) is 5.91 Å². The normalized spacial score (nSPS) is 10.8. The molecule has 1 aromatic carbocycles. The lowest BCUT2D eigenvalue weighted by Crippen LogP contribution is -2.13. The van der Waals surface area contributed by atoms with Crippen molar-refractivity contribution in [3.63, 3.8) is 0 Å². The van der Waals surface area contributed by atoms with E-state index in [9.17, 15) is 4.79 Å². The second-order valence-corrected chi connectivity index (χ2v) is 5.79. The minimum Gasteiger partial charge on any atom is -0.361 e. The third-order valence-corrected chi connectivity index (χ3v) is 3.92. The molecule has 6 heteroatoms. The second kappa shape index (κ2) is 7.12. The molecule has 0 unspecified atom stereocenters. The molecule has 0 atom stereocenters. The molecule has 0 radical (unpaired) electrons. The summed E-state index contributed by atoms with van der Waals surface area (Å²) in [6, 6.07) is 7.84. The van der Waals surface area contributed by atoms with Gasteiger partial charge in [0.1, 0.15) is 5.76 Å². The van der Waals surface area contributed by atoms with Crippen LogP contribution in [0.5, 0.6) is 0 Å². The van der Waals surface area contributed by atoms with E-state index in [-0.39, 0.29) is 5.91 Å². The van der Waals surface area contributed by atoms with Crippen LogP contribution in [0.15, 0.2) is 47.5 Å². The molecule has 0 saturated heterocycles. The summed E-state index contributed by atoms with van der Waals surface area (Å²) in [5.41, 5.74) is 3.77. The summed E-state index contributed by atoms with van der Waals surface area (Å²) in [5, 5.41) is 6.86. The number of hydrogen-bond acceptors (Lipinski definition) is 4. The summed E-state index contributed by atoms with van der Waals surface area (Å²) >= 11 is 0. The van der Waals surface area contributed by atoms with Crippen molar-refractivity contribution in [2.24, 2.45) is 0 Å². The standard InChI is InChI=1S/C18H20N4O2/c1-13-17(14(2)24-21-13)6-7-18(23)20-16-5-3-4-15(10-16)11-22-9-8-19-12-22/h3-5,8-10,12H,6-7,11H2,1-2H3,(H,20,23). The first-order valence-electron chi connectivity index (χ1n) is 7.88. The Morgan fingerprint density at radius 1 is 1.33 bits per heavy atom. The third kappa shape index (κ3) is 3.90. The van der Waals surface area contributed by atoms with Gasteiger partial charge in [0.15, 0.2) is 0 Å². The van der Waals surface area contributed by atoms with Gasteiger partial charge in [-0.3, -0.25) is 4.79 Å². The Labute approximate surface area is 140 Å². The molecule has 124 valence electrons. The lowest BCUT2D eigenvalue weighted by atomic mass is 10.1. The van der Waals surface area contributed by atoms with Crippen molar-refractivity contribution in [2.75, 3.05) is 5.32 Å². The lowest BCUT2D eigenvalue weighted by Gasteiger charge is -2.08. The van der Waals surface area contributed by atoms with E-state index in [2.05, 4.69) is 15.5 Å². The molecular weight excluding hydrogens is 304 g/mol. The van der Waals surface area contributed by atoms with Crippen LogP contribution < -0.4 is 5.32 Å². The minimum absolute atomic E-state index is 0.0187. The van der Waals surface area contributed by atoms with Gasteiger partial charge in [-0.15, -0.1) is 0 Å². The fraction of sp³-hybridized carbons (Fsp3) is 0.278. The monoisotopic (exact) mass is 324 g/mol. The zero-order chi connectivity index (χ0) is 16.9. The number of nitrogens with one attached hydrogen (secondary N) is 1. The van der Waals surface area contributed by atoms with Gasteiger partial charge < -0.3 is 14.4 Å². The van der Waals surface area contributed by atoms with E-state index >= 15 is 0 Å². The van der Waals surface area contributed by atoms with E-state index in [1.165, 1.54) is 0 Å². The maximum atomic E-state index is 12.2. The number of amides is 1. The van der Waals surface area contributed by atoms with Crippen molar-refractivity contribution in [3.05, 3.63) is 65.6 Å². The molecule has 1 amide bonds. The smallest absolute Gasteiger partial charge is 0.224 e. The number of imidazole rings is 1. The predicted octanol–water partition coefficient (Wildman–Crippen LogP) is 3.11. The first-order valence-corrected chi connectivity index (χ1v) is 7.88. The van der Waals surface area contributed by atoms with Crippen molar-refractivity contribution >= 4 is 11.6 Å². The maximum absolute atomic E-state index is 12.2. The highest BCUT2D eigenvalue weighted by molar-refractivity contribution is 5.90. The molecular formula is C18H20N4O2. The van der Waals surface area contributed by atoms with E-state index in [4.69, 9.17) is 4.52 Å². The number of hydrogen-bond donors (Lipinski definition) is 1. The van der Waals surface area contributed by atoms with Gasteiger partial charge in [-0.25, -0.2) is 4.98 Å². The van der Waals surface area contributed by atoms with Gasteiger partial charge >= 0.3 is 0 Å². The van der Waals surface area contributed by atoms with Crippen LogP contribution in [0.1, 0.15) is 29.0 Å². The van der Waals surface area contributed by atoms with Gasteiger partial charge in [-0.05, 0) is 38.0 Å². The fourth-order valence-corrected chi connectivity index (χ4v) is 2.66. The predicted molar refractivity (Wildman–Crippen MR) is 90.7 cm³/mol. The van der Waals surface area contributed by atoms with Crippen LogP contribution in [0.2, 0.25) is 0 Å². The molecule has 1 N–H and O–H groups in total. The molecule has 0 aliphatic rings. The summed E-state index contributed by atoms with van der Waals surface area (Å²) < 4.78 is 7.11. The van der Waals surface area contributed by atoms with Crippen LogP contribution in [0.3, 0.4) is 0 Å². The van der Waals surface area contributed by atoms with Gasteiger partial charge in [-0.1, -0.05) is 17.3 Å². The Kier molecular flexibility index (Phi) is 4.74. The van der Waals surface area contributed by atoms with Crippen LogP contribution in [0, 0.1) is 13.8 Å². The number of nitrogens with zero attached hydrogens (tertiary/aromatic N) is 3. The number of carbonyl (C=O) groups is 1. The molecule has 3 aromatic rings. The molecule has 0 spiro atoms. The van der Waals surface area contributed by atoms with Crippen LogP contribution >= 0.6 is 0 Å². The largest absolute Gasteiger partial charge is 0.361 e. The molecule has 3 rings (SSSR count). The molecule has 0 saturated carbocycles. The Hall–Kier alpha value is -2.89. The number of carbonyl (C=O) groups excluding carboxylic acids is 1. The summed E-state index contributed by atoms with van der Waals surface area (Å²) in [6.45, 7) is 4.49. The van der Waals surface area contributed by atoms with Crippen LogP contribution in [-0.4, -0.2) is 20.6 Å². The topological polar surface area (TPSA) is 73.0 Å². The van der Waals surface area contributed by atoms with Crippen molar-refractivity contribution < 1.29 is 9.32 Å². The zero-order valence-corrected chi connectivity index (χ0v) is 13.8. The Morgan fingerprint density at radius 2 is 2.21 bits per heavy atom. The van der Waals surface area contributed by atoms with Gasteiger partial charge in [-0.2, -0.15) is 0 Å². The molecule has 0 aliphatic heterocycles. The van der Waals surface area contributed by atoms with Crippen LogP contribution in [-0.2, 0) is 17.8 Å². The van der Waals surface area contributed by atoms with Gasteiger partial charge in [0, 0.05) is 36.6 Å². The van der Waals surface area contributed by atoms with E-state index in [0.717, 1.165) is 34.8 Å². The van der Waals surface area contributed by atoms with Crippen molar-refractivity contribution in [1.82, 2.24) is 14.7 Å². The van der Waals surface area contributed by atoms with Crippen molar-refractivity contribution in [2.45, 2.75) is 33.2 Å². The number of aromatic nitrogens is 3. The zero-order valence-electron chi connectivity index (χ0n) is 13.8. The summed E-state index contributed by atoms with van der Waals surface area (Å²) in [6.07, 6.45) is 6.46. The Balaban J connectivity index is 1.58. The molecule has 2 heterocycles. The van der Waals surface area contributed by atoms with Crippen molar-refractivity contribution in [3.8, 4) is 0 Å². The van der Waals surface area contributed by atoms with Gasteiger partial charge in [0.25, 0.3) is 0 Å². The van der Waals surface area contributed by atoms with E-state index in [1.807, 2.05) is 48.9 Å². The molecule has 6 nitrogen and oxygen atoms in total. The Morgan fingerprint density at radius 3 is 2.92 bits per heavy atom. The first-order chi connectivity index (χ1) is 11.6. The first kappa shape index (κ1) is 16.0. The van der Waals surface area contributed by atoms with Crippen LogP contribution in [0.4, 0.5) is 5.69 Å². The number of anilines is 1. The highest BCUT2D eigenvalue weighted by Gasteiger charge is 2.11. The van der Waals surface area contributed by atoms with Gasteiger partial charge in [0.05, 0.1) is 12.0 Å². The Bertz CT molecular complexity index is 802. The number of aryl methyl sites for hydroxylation is 2. The van der Waals surface area contributed by atoms with Crippen molar-refractivity contribution in [1.29, 1.82) is 0 Å². The summed E-state index contributed by atoms with van der Waals surface area (Å²) in [4.78, 5) is 16.2. The van der Waals surface area contributed by atoms with Crippen LogP contribution in [0.25, 0.3) is 0 Å². The third-order valence-electron chi connectivity index (χ3n) is 3.92. The highest BCUT2D eigenvalue weighted by atomic mass is 16.5. The quantitative estimate of drug-likeness (QED) is 0.756. The van der Waals surface area contributed by atoms with E-state index < -0.39 is 0 Å². The summed E-state index contributed by atoms with van der Waals surface area (Å²) in [7, 11) is 0. The van der Waals surface area contributed by atoms with E-state index in [1.54, 1.807) is 12.5 Å². The molecule has 0 aliphatic carbocycles. The molecule has 0 fully saturated rings. The fourth-order valence-electron chi connectivity index (χ4n) is 2.66. The SMILES string of the molecule is Cc1noc(C)c1CCC(=O)Nc1cccc(Cn2ccnc2)c1. The van der Waals surface area contributed by atoms with E-state index in [0.29, 0.717) is 12.8 Å². The second-order valence-electron chi connectivity index (χ2n) is 5.79. The highest BCUT2D eigenvalue weighted by Crippen LogP contribution is 2.16. The minimum atomic E-state index is -0.0187. The summed E-state index contributed by atoms with van der Waals surface area (Å²) in [5.74, 6) is 0.761. The number of benzene rings is 1.